The van der Waals surface area contributed by atoms with Gasteiger partial charge in [-0.3, -0.25) is 0 Å². The van der Waals surface area contributed by atoms with Crippen LogP contribution in [0.25, 0.3) is 17.7 Å². The molecule has 6 nitrogen and oxygen atoms in total. The molecule has 166 valence electrons. The Hall–Kier alpha value is -4.50. The smallest absolute Gasteiger partial charge is 0.336 e. The van der Waals surface area contributed by atoms with E-state index in [4.69, 9.17) is 18.9 Å². The van der Waals surface area contributed by atoms with Crippen LogP contribution in [-0.4, -0.2) is 27.3 Å². The molecule has 0 fully saturated rings. The number of nitriles is 1. The average Bonchev–Trinajstić information content (AvgIpc) is 2.87. The summed E-state index contributed by atoms with van der Waals surface area (Å²) in [4.78, 5) is 12.4. The molecule has 0 bridgehead atoms. The summed E-state index contributed by atoms with van der Waals surface area (Å²) in [5, 5.41) is 9.51. The Kier molecular flexibility index (Phi) is 7.87. The molecular formula is C27H23NO5. The van der Waals surface area contributed by atoms with Crippen molar-refractivity contribution in [3.63, 3.8) is 0 Å². The third-order valence-electron chi connectivity index (χ3n) is 4.73. The maximum absolute atomic E-state index is 12.4. The van der Waals surface area contributed by atoms with Crippen LogP contribution in [0.5, 0.6) is 23.0 Å². The minimum atomic E-state index is -0.562. The van der Waals surface area contributed by atoms with Gasteiger partial charge in [-0.05, 0) is 53.1 Å². The molecule has 0 saturated carbocycles. The number of hydrogen-bond acceptors (Lipinski definition) is 6. The van der Waals surface area contributed by atoms with Crippen LogP contribution in [0.3, 0.4) is 0 Å². The highest BCUT2D eigenvalue weighted by atomic mass is 16.6. The van der Waals surface area contributed by atoms with Gasteiger partial charge >= 0.3 is 5.97 Å². The molecule has 0 aliphatic heterocycles. The van der Waals surface area contributed by atoms with Crippen molar-refractivity contribution < 1.29 is 23.7 Å². The first-order chi connectivity index (χ1) is 16.1. The van der Waals surface area contributed by atoms with Crippen LogP contribution in [0.2, 0.25) is 0 Å². The molecule has 0 amide bonds. The second-order valence-electron chi connectivity index (χ2n) is 6.81. The van der Waals surface area contributed by atoms with Crippen molar-refractivity contribution in [2.75, 3.05) is 21.3 Å². The average molecular weight is 441 g/mol. The van der Waals surface area contributed by atoms with Crippen molar-refractivity contribution in [3.05, 3.63) is 89.5 Å². The van der Waals surface area contributed by atoms with Crippen molar-refractivity contribution >= 4 is 23.7 Å². The second kappa shape index (κ2) is 11.2. The zero-order chi connectivity index (χ0) is 23.6. The number of carbonyl (C=O) groups is 1. The van der Waals surface area contributed by atoms with E-state index >= 15 is 0 Å². The first kappa shape index (κ1) is 23.2. The van der Waals surface area contributed by atoms with Crippen LogP contribution in [0.1, 0.15) is 16.7 Å². The van der Waals surface area contributed by atoms with Gasteiger partial charge in [-0.1, -0.05) is 42.5 Å². The topological polar surface area (TPSA) is 77.8 Å². The molecule has 3 rings (SSSR count). The SMILES string of the molecule is COc1ccc(/C=C/C(=O)Oc2ccc(/C=C(\C#N)c3ccccc3)cc2OC)cc1OC. The molecule has 6 heteroatoms. The van der Waals surface area contributed by atoms with Gasteiger partial charge in [0, 0.05) is 6.08 Å². The molecule has 0 aliphatic carbocycles. The maximum Gasteiger partial charge on any atom is 0.336 e. The van der Waals surface area contributed by atoms with Crippen molar-refractivity contribution in [1.82, 2.24) is 0 Å². The summed E-state index contributed by atoms with van der Waals surface area (Å²) in [5.74, 6) is 1.25. The first-order valence-electron chi connectivity index (χ1n) is 10.0. The normalized spacial score (nSPS) is 11.0. The molecule has 0 aliphatic rings. The Morgan fingerprint density at radius 2 is 1.39 bits per heavy atom. The quantitative estimate of drug-likeness (QED) is 0.153. The standard InChI is InChI=1S/C27H23NO5/c1-30-23-12-9-19(16-25(23)31-2)11-14-27(29)33-24-13-10-20(17-26(24)32-3)15-22(18-28)21-7-5-4-6-8-21/h4-17H,1-3H3/b14-11+,22-15+. The number of benzene rings is 3. The summed E-state index contributed by atoms with van der Waals surface area (Å²) in [5.41, 5.74) is 2.82. The van der Waals surface area contributed by atoms with Gasteiger partial charge in [0.15, 0.2) is 23.0 Å². The zero-order valence-corrected chi connectivity index (χ0v) is 18.6. The molecule has 0 spiro atoms. The fraction of sp³-hybridized carbons (Fsp3) is 0.111. The highest BCUT2D eigenvalue weighted by molar-refractivity contribution is 5.91. The monoisotopic (exact) mass is 441 g/mol. The molecule has 0 unspecified atom stereocenters. The van der Waals surface area contributed by atoms with Gasteiger partial charge in [-0.15, -0.1) is 0 Å². The maximum atomic E-state index is 12.4. The number of rotatable bonds is 8. The molecule has 0 atom stereocenters. The highest BCUT2D eigenvalue weighted by Crippen LogP contribution is 2.31. The van der Waals surface area contributed by atoms with Crippen molar-refractivity contribution in [2.24, 2.45) is 0 Å². The number of allylic oxidation sites excluding steroid dienone is 1. The Labute approximate surface area is 192 Å². The van der Waals surface area contributed by atoms with Crippen LogP contribution < -0.4 is 18.9 Å². The fourth-order valence-corrected chi connectivity index (χ4v) is 3.09. The van der Waals surface area contributed by atoms with Gasteiger partial charge in [0.1, 0.15) is 0 Å². The van der Waals surface area contributed by atoms with E-state index in [1.54, 1.807) is 62.8 Å². The number of nitrogens with zero attached hydrogens (tertiary/aromatic N) is 1. The van der Waals surface area contributed by atoms with Crippen molar-refractivity contribution in [1.29, 1.82) is 5.26 Å². The summed E-state index contributed by atoms with van der Waals surface area (Å²) in [6.45, 7) is 0. The van der Waals surface area contributed by atoms with E-state index in [0.29, 0.717) is 22.8 Å². The van der Waals surface area contributed by atoms with Gasteiger partial charge in [-0.2, -0.15) is 5.26 Å². The number of methoxy groups -OCH3 is 3. The Balaban J connectivity index is 1.76. The van der Waals surface area contributed by atoms with Gasteiger partial charge in [0.05, 0.1) is 33.0 Å². The lowest BCUT2D eigenvalue weighted by Crippen LogP contribution is -2.05. The Morgan fingerprint density at radius 3 is 2.06 bits per heavy atom. The highest BCUT2D eigenvalue weighted by Gasteiger charge is 2.10. The van der Waals surface area contributed by atoms with Gasteiger partial charge in [-0.25, -0.2) is 4.79 Å². The fourth-order valence-electron chi connectivity index (χ4n) is 3.09. The van der Waals surface area contributed by atoms with Gasteiger partial charge < -0.3 is 18.9 Å². The molecule has 0 N–H and O–H groups in total. The lowest BCUT2D eigenvalue weighted by molar-refractivity contribution is -0.129. The lowest BCUT2D eigenvalue weighted by atomic mass is 10.0. The Bertz CT molecular complexity index is 1220. The van der Waals surface area contributed by atoms with Crippen LogP contribution in [-0.2, 0) is 4.79 Å². The molecule has 33 heavy (non-hydrogen) atoms. The molecule has 0 radical (unpaired) electrons. The van der Waals surface area contributed by atoms with Crippen LogP contribution in [0.4, 0.5) is 0 Å². The van der Waals surface area contributed by atoms with Gasteiger partial charge in [0.25, 0.3) is 0 Å². The van der Waals surface area contributed by atoms with Crippen LogP contribution in [0.15, 0.2) is 72.8 Å². The molecule has 3 aromatic carbocycles. The Morgan fingerprint density at radius 1 is 0.788 bits per heavy atom. The second-order valence-corrected chi connectivity index (χ2v) is 6.81. The van der Waals surface area contributed by atoms with Crippen molar-refractivity contribution in [2.45, 2.75) is 0 Å². The van der Waals surface area contributed by atoms with Crippen LogP contribution in [0, 0.1) is 11.3 Å². The van der Waals surface area contributed by atoms with E-state index in [0.717, 1.165) is 16.7 Å². The predicted molar refractivity (Wildman–Crippen MR) is 127 cm³/mol. The molecular weight excluding hydrogens is 418 g/mol. The van der Waals surface area contributed by atoms with Gasteiger partial charge in [0.2, 0.25) is 0 Å². The summed E-state index contributed by atoms with van der Waals surface area (Å²) in [7, 11) is 4.59. The summed E-state index contributed by atoms with van der Waals surface area (Å²) in [6.07, 6.45) is 4.69. The number of esters is 1. The molecule has 0 heterocycles. The summed E-state index contributed by atoms with van der Waals surface area (Å²) in [6, 6.07) is 22.0. The first-order valence-corrected chi connectivity index (χ1v) is 10.0. The van der Waals surface area contributed by atoms with Crippen LogP contribution >= 0.6 is 0 Å². The zero-order valence-electron chi connectivity index (χ0n) is 18.6. The van der Waals surface area contributed by atoms with E-state index in [1.807, 2.05) is 30.3 Å². The number of carbonyl (C=O) groups excluding carboxylic acids is 1. The van der Waals surface area contributed by atoms with E-state index < -0.39 is 5.97 Å². The molecule has 0 saturated heterocycles. The third-order valence-corrected chi connectivity index (χ3v) is 4.73. The summed E-state index contributed by atoms with van der Waals surface area (Å²) < 4.78 is 21.3. The largest absolute Gasteiger partial charge is 0.493 e. The van der Waals surface area contributed by atoms with E-state index in [-0.39, 0.29) is 5.75 Å². The number of hydrogen-bond donors (Lipinski definition) is 0. The van der Waals surface area contributed by atoms with Crippen molar-refractivity contribution in [3.8, 4) is 29.1 Å². The van der Waals surface area contributed by atoms with E-state index in [9.17, 15) is 10.1 Å². The lowest BCUT2D eigenvalue weighted by Gasteiger charge is -2.09. The molecule has 3 aromatic rings. The van der Waals surface area contributed by atoms with E-state index in [2.05, 4.69) is 6.07 Å². The number of ether oxygens (including phenoxy) is 4. The van der Waals surface area contributed by atoms with E-state index in [1.165, 1.54) is 13.2 Å². The molecule has 0 aromatic heterocycles. The minimum Gasteiger partial charge on any atom is -0.493 e. The third kappa shape index (κ3) is 6.02. The predicted octanol–water partition coefficient (Wildman–Crippen LogP) is 5.40. The minimum absolute atomic E-state index is 0.273. The summed E-state index contributed by atoms with van der Waals surface area (Å²) >= 11 is 0.